The van der Waals surface area contributed by atoms with E-state index in [1.54, 1.807) is 12.1 Å². The number of ether oxygens (including phenoxy) is 1. The summed E-state index contributed by atoms with van der Waals surface area (Å²) in [6.45, 7) is 3.27. The summed E-state index contributed by atoms with van der Waals surface area (Å²) in [7, 11) is 0. The van der Waals surface area contributed by atoms with Gasteiger partial charge in [0.2, 0.25) is 0 Å². The van der Waals surface area contributed by atoms with E-state index in [1.165, 1.54) is 18.2 Å². The van der Waals surface area contributed by atoms with Gasteiger partial charge in [0.15, 0.2) is 6.61 Å². The van der Waals surface area contributed by atoms with Crippen molar-refractivity contribution in [1.82, 2.24) is 4.57 Å². The average Bonchev–Trinajstić information content (AvgIpc) is 2.95. The molecule has 6 heteroatoms. The number of hydrogen-bond acceptors (Lipinski definition) is 3. The van der Waals surface area contributed by atoms with E-state index in [4.69, 9.17) is 4.74 Å². The first-order chi connectivity index (χ1) is 13.0. The number of benzene rings is 2. The molecule has 3 aromatic rings. The maximum atomic E-state index is 13.1. The molecule has 138 valence electrons. The standard InChI is InChI=1S/C21H19FN2O3/c1-14-11-19(15(2)24(14)18-9-4-3-5-10-18)21(26)27-13-20(25)23-17-8-6-7-16(22)12-17/h3-12H,13H2,1-2H3,(H,23,25). The van der Waals surface area contributed by atoms with Gasteiger partial charge in [-0.15, -0.1) is 0 Å². The van der Waals surface area contributed by atoms with Crippen molar-refractivity contribution >= 4 is 17.6 Å². The highest BCUT2D eigenvalue weighted by atomic mass is 19.1. The Morgan fingerprint density at radius 2 is 1.78 bits per heavy atom. The zero-order valence-electron chi connectivity index (χ0n) is 15.0. The topological polar surface area (TPSA) is 60.3 Å². The molecule has 0 saturated heterocycles. The van der Waals surface area contributed by atoms with Crippen LogP contribution in [0.15, 0.2) is 60.7 Å². The molecule has 0 aliphatic heterocycles. The predicted octanol–water partition coefficient (Wildman–Crippen LogP) is 4.03. The lowest BCUT2D eigenvalue weighted by Gasteiger charge is -2.10. The van der Waals surface area contributed by atoms with Crippen molar-refractivity contribution in [3.8, 4) is 5.69 Å². The zero-order valence-corrected chi connectivity index (χ0v) is 15.0. The maximum absolute atomic E-state index is 13.1. The first-order valence-electron chi connectivity index (χ1n) is 8.42. The number of esters is 1. The molecule has 3 rings (SSSR count). The predicted molar refractivity (Wildman–Crippen MR) is 101 cm³/mol. The second-order valence-corrected chi connectivity index (χ2v) is 6.09. The molecular formula is C21H19FN2O3. The van der Waals surface area contributed by atoms with Gasteiger partial charge >= 0.3 is 5.97 Å². The Labute approximate surface area is 156 Å². The van der Waals surface area contributed by atoms with E-state index < -0.39 is 24.3 Å². The van der Waals surface area contributed by atoms with Gasteiger partial charge in [-0.3, -0.25) is 4.79 Å². The fourth-order valence-corrected chi connectivity index (χ4v) is 2.92. The molecule has 0 aliphatic carbocycles. The molecule has 1 amide bonds. The highest BCUT2D eigenvalue weighted by molar-refractivity contribution is 5.96. The molecule has 0 bridgehead atoms. The molecule has 0 aliphatic rings. The van der Waals surface area contributed by atoms with Crippen LogP contribution in [-0.4, -0.2) is 23.1 Å². The summed E-state index contributed by atoms with van der Waals surface area (Å²) in [5, 5.41) is 2.49. The smallest absolute Gasteiger partial charge is 0.340 e. The summed E-state index contributed by atoms with van der Waals surface area (Å²) in [6, 6.07) is 16.9. The number of amides is 1. The van der Waals surface area contributed by atoms with Gasteiger partial charge in [0.25, 0.3) is 5.91 Å². The van der Waals surface area contributed by atoms with Crippen LogP contribution < -0.4 is 5.32 Å². The zero-order chi connectivity index (χ0) is 19.4. The summed E-state index contributed by atoms with van der Waals surface area (Å²) < 4.78 is 20.2. The van der Waals surface area contributed by atoms with Gasteiger partial charge in [-0.25, -0.2) is 9.18 Å². The van der Waals surface area contributed by atoms with Crippen molar-refractivity contribution in [1.29, 1.82) is 0 Å². The van der Waals surface area contributed by atoms with E-state index in [1.807, 2.05) is 48.7 Å². The van der Waals surface area contributed by atoms with E-state index in [2.05, 4.69) is 5.32 Å². The minimum atomic E-state index is -0.584. The molecule has 0 atom stereocenters. The van der Waals surface area contributed by atoms with Crippen molar-refractivity contribution in [3.63, 3.8) is 0 Å². The van der Waals surface area contributed by atoms with Crippen LogP contribution >= 0.6 is 0 Å². The Balaban J connectivity index is 1.67. The number of aromatic nitrogens is 1. The Kier molecular flexibility index (Phi) is 5.35. The summed E-state index contributed by atoms with van der Waals surface area (Å²) in [4.78, 5) is 24.3. The van der Waals surface area contributed by atoms with Gasteiger partial charge < -0.3 is 14.6 Å². The monoisotopic (exact) mass is 366 g/mol. The molecule has 27 heavy (non-hydrogen) atoms. The molecule has 0 saturated carbocycles. The van der Waals surface area contributed by atoms with Crippen LogP contribution in [0.2, 0.25) is 0 Å². The minimum Gasteiger partial charge on any atom is -0.452 e. The fraction of sp³-hybridized carbons (Fsp3) is 0.143. The van der Waals surface area contributed by atoms with Crippen molar-refractivity contribution in [2.24, 2.45) is 0 Å². The molecule has 2 aromatic carbocycles. The number of hydrogen-bond donors (Lipinski definition) is 1. The fourth-order valence-electron chi connectivity index (χ4n) is 2.92. The third kappa shape index (κ3) is 4.23. The number of nitrogens with one attached hydrogen (secondary N) is 1. The number of halogens is 1. The Bertz CT molecular complexity index is 980. The van der Waals surface area contributed by atoms with Gasteiger partial charge in [-0.1, -0.05) is 24.3 Å². The number of carbonyl (C=O) groups excluding carboxylic acids is 2. The molecule has 0 unspecified atom stereocenters. The van der Waals surface area contributed by atoms with Crippen molar-refractivity contribution in [2.75, 3.05) is 11.9 Å². The van der Waals surface area contributed by atoms with E-state index in [0.717, 1.165) is 17.1 Å². The molecule has 1 N–H and O–H groups in total. The first kappa shape index (κ1) is 18.4. The second-order valence-electron chi connectivity index (χ2n) is 6.09. The molecule has 5 nitrogen and oxygen atoms in total. The lowest BCUT2D eigenvalue weighted by molar-refractivity contribution is -0.119. The summed E-state index contributed by atoms with van der Waals surface area (Å²) in [5.74, 6) is -1.58. The highest BCUT2D eigenvalue weighted by Gasteiger charge is 2.18. The Morgan fingerprint density at radius 1 is 1.04 bits per heavy atom. The molecular weight excluding hydrogens is 347 g/mol. The lowest BCUT2D eigenvalue weighted by atomic mass is 10.2. The quantitative estimate of drug-likeness (QED) is 0.694. The van der Waals surface area contributed by atoms with E-state index >= 15 is 0 Å². The van der Waals surface area contributed by atoms with E-state index in [-0.39, 0.29) is 0 Å². The normalized spacial score (nSPS) is 10.5. The molecule has 1 aromatic heterocycles. The van der Waals surface area contributed by atoms with Crippen molar-refractivity contribution < 1.29 is 18.7 Å². The average molecular weight is 366 g/mol. The van der Waals surface area contributed by atoms with Crippen molar-refractivity contribution in [2.45, 2.75) is 13.8 Å². The summed E-state index contributed by atoms with van der Waals surface area (Å²) >= 11 is 0. The van der Waals surface area contributed by atoms with E-state index in [9.17, 15) is 14.0 Å². The SMILES string of the molecule is Cc1cc(C(=O)OCC(=O)Nc2cccc(F)c2)c(C)n1-c1ccccc1. The molecule has 1 heterocycles. The molecule has 0 spiro atoms. The third-order valence-corrected chi connectivity index (χ3v) is 4.11. The minimum absolute atomic E-state index is 0.304. The highest BCUT2D eigenvalue weighted by Crippen LogP contribution is 2.21. The van der Waals surface area contributed by atoms with Gasteiger partial charge in [-0.05, 0) is 50.2 Å². The van der Waals surface area contributed by atoms with Crippen molar-refractivity contribution in [3.05, 3.63) is 83.4 Å². The second kappa shape index (κ2) is 7.86. The lowest BCUT2D eigenvalue weighted by Crippen LogP contribution is -2.21. The Hall–Kier alpha value is -3.41. The van der Waals surface area contributed by atoms with Crippen LogP contribution in [0.3, 0.4) is 0 Å². The van der Waals surface area contributed by atoms with Crippen LogP contribution in [0, 0.1) is 19.7 Å². The number of anilines is 1. The molecule has 0 fully saturated rings. The van der Waals surface area contributed by atoms with Crippen LogP contribution in [0.1, 0.15) is 21.7 Å². The number of para-hydroxylation sites is 1. The van der Waals surface area contributed by atoms with Gasteiger partial charge in [0.05, 0.1) is 5.56 Å². The molecule has 0 radical (unpaired) electrons. The Morgan fingerprint density at radius 3 is 2.48 bits per heavy atom. The third-order valence-electron chi connectivity index (χ3n) is 4.11. The number of aryl methyl sites for hydroxylation is 1. The number of carbonyl (C=O) groups is 2. The van der Waals surface area contributed by atoms with Crippen LogP contribution in [0.5, 0.6) is 0 Å². The maximum Gasteiger partial charge on any atom is 0.340 e. The van der Waals surface area contributed by atoms with Gasteiger partial charge in [0, 0.05) is 22.8 Å². The van der Waals surface area contributed by atoms with E-state index in [0.29, 0.717) is 11.3 Å². The summed E-state index contributed by atoms with van der Waals surface area (Å²) in [6.07, 6.45) is 0. The van der Waals surface area contributed by atoms with Gasteiger partial charge in [-0.2, -0.15) is 0 Å². The summed E-state index contributed by atoms with van der Waals surface area (Å²) in [5.41, 5.74) is 3.26. The van der Waals surface area contributed by atoms with Crippen LogP contribution in [0.4, 0.5) is 10.1 Å². The number of nitrogens with zero attached hydrogens (tertiary/aromatic N) is 1. The van der Waals surface area contributed by atoms with Crippen LogP contribution in [-0.2, 0) is 9.53 Å². The van der Waals surface area contributed by atoms with Gasteiger partial charge in [0.1, 0.15) is 5.82 Å². The first-order valence-corrected chi connectivity index (χ1v) is 8.42. The van der Waals surface area contributed by atoms with Crippen LogP contribution in [0.25, 0.3) is 5.69 Å². The largest absolute Gasteiger partial charge is 0.452 e. The number of rotatable bonds is 5.